The molecule has 78 valence electrons. The molecule has 1 aromatic rings. The van der Waals surface area contributed by atoms with Crippen LogP contribution in [0.4, 0.5) is 26.1 Å². The van der Waals surface area contributed by atoms with Crippen molar-refractivity contribution in [3.8, 4) is 0 Å². The van der Waals surface area contributed by atoms with Crippen LogP contribution in [0.2, 0.25) is 0 Å². The van der Waals surface area contributed by atoms with Gasteiger partial charge in [0.15, 0.2) is 0 Å². The Morgan fingerprint density at radius 2 is 1.71 bits per heavy atom. The van der Waals surface area contributed by atoms with Gasteiger partial charge < -0.3 is 12.9 Å². The van der Waals surface area contributed by atoms with E-state index >= 15 is 0 Å². The topological polar surface area (TPSA) is 12.9 Å². The second-order valence-electron chi connectivity index (χ2n) is 2.51. The molecule has 0 saturated carbocycles. The molecule has 0 aromatic carbocycles. The Balaban J connectivity index is 3.31. The lowest BCUT2D eigenvalue weighted by molar-refractivity contribution is -0.140. The minimum Gasteiger partial charge on any atom is -0.445 e. The fourth-order valence-electron chi connectivity index (χ4n) is 0.919. The zero-order valence-corrected chi connectivity index (χ0v) is 6.52. The Morgan fingerprint density at radius 3 is 2.07 bits per heavy atom. The lowest BCUT2D eigenvalue weighted by Gasteiger charge is -2.19. The molecule has 0 amide bonds. The maximum Gasteiger partial charge on any atom is 0.511 e. The number of halogens is 6. The van der Waals surface area contributed by atoms with E-state index in [2.05, 4.69) is 4.98 Å². The quantitative estimate of drug-likeness (QED) is 0.515. The fraction of sp³-hybridized carbons (Fsp3) is 0.167. The summed E-state index contributed by atoms with van der Waals surface area (Å²) in [6.45, 7) is -5.68. The molecule has 0 bridgehead atoms. The number of pyridine rings is 1. The van der Waals surface area contributed by atoms with Gasteiger partial charge in [0.1, 0.15) is 5.69 Å². The Kier molecular flexibility index (Phi) is 2.47. The first-order chi connectivity index (χ1) is 6.23. The molecule has 0 aliphatic carbocycles. The van der Waals surface area contributed by atoms with E-state index in [1.54, 1.807) is 0 Å². The van der Waals surface area contributed by atoms with Gasteiger partial charge in [0.2, 0.25) is 0 Å². The highest BCUT2D eigenvalue weighted by atomic mass is 19.4. The van der Waals surface area contributed by atoms with Crippen molar-refractivity contribution in [1.29, 1.82) is 0 Å². The third kappa shape index (κ3) is 2.18. The zero-order chi connectivity index (χ0) is 11.0. The van der Waals surface area contributed by atoms with Gasteiger partial charge in [-0.05, 0) is 6.07 Å². The number of alkyl halides is 3. The molecule has 0 aliphatic heterocycles. The summed E-state index contributed by atoms with van der Waals surface area (Å²) in [5.74, 6) is 0. The van der Waals surface area contributed by atoms with Crippen molar-refractivity contribution < 1.29 is 26.1 Å². The van der Waals surface area contributed by atoms with Crippen molar-refractivity contribution in [2.45, 2.75) is 6.18 Å². The molecule has 1 nitrogen and oxygen atoms in total. The Morgan fingerprint density at radius 1 is 1.14 bits per heavy atom. The van der Waals surface area contributed by atoms with Crippen molar-refractivity contribution in [2.75, 3.05) is 0 Å². The molecule has 0 N–H and O–H groups in total. The average Bonchev–Trinajstić information content (AvgIpc) is 2.01. The molecule has 1 heterocycles. The van der Waals surface area contributed by atoms with Gasteiger partial charge in [0.25, 0.3) is 0 Å². The standard InChI is InChI=1S/C6H3BF6N/c8-6(9,10)5-4(7(11,12)13)2-1-3-14-5/h1-3H/q-1. The van der Waals surface area contributed by atoms with E-state index in [0.29, 0.717) is 12.3 Å². The maximum absolute atomic E-state index is 12.1. The highest BCUT2D eigenvalue weighted by molar-refractivity contribution is 6.73. The predicted octanol–water partition coefficient (Wildman–Crippen LogP) is 2.15. The molecule has 0 unspecified atom stereocenters. The predicted molar refractivity (Wildman–Crippen MR) is 38.0 cm³/mol. The van der Waals surface area contributed by atoms with Gasteiger partial charge in [-0.1, -0.05) is 11.5 Å². The van der Waals surface area contributed by atoms with E-state index in [-0.39, 0.29) is 0 Å². The zero-order valence-electron chi connectivity index (χ0n) is 6.52. The number of rotatable bonds is 1. The normalized spacial score (nSPS) is 13.0. The Hall–Kier alpha value is -1.21. The number of hydrogen-bond donors (Lipinski definition) is 0. The molecular weight excluding hydrogens is 211 g/mol. The van der Waals surface area contributed by atoms with Crippen molar-refractivity contribution in [3.05, 3.63) is 24.0 Å². The lowest BCUT2D eigenvalue weighted by Crippen LogP contribution is -2.40. The molecule has 0 atom stereocenters. The van der Waals surface area contributed by atoms with E-state index in [9.17, 15) is 26.1 Å². The van der Waals surface area contributed by atoms with Gasteiger partial charge >= 0.3 is 13.2 Å². The van der Waals surface area contributed by atoms with E-state index in [0.717, 1.165) is 6.07 Å². The summed E-state index contributed by atoms with van der Waals surface area (Å²) in [7, 11) is 0. The molecule has 14 heavy (non-hydrogen) atoms. The summed E-state index contributed by atoms with van der Waals surface area (Å²) < 4.78 is 72.4. The minimum absolute atomic E-state index is 0.371. The Labute approximate surface area is 74.8 Å². The van der Waals surface area contributed by atoms with E-state index < -0.39 is 24.3 Å². The van der Waals surface area contributed by atoms with Crippen LogP contribution in [0.3, 0.4) is 0 Å². The summed E-state index contributed by atoms with van der Waals surface area (Å²) >= 11 is 0. The molecule has 0 saturated heterocycles. The average molecular weight is 214 g/mol. The number of nitrogens with zero attached hydrogens (tertiary/aromatic N) is 1. The van der Waals surface area contributed by atoms with Crippen LogP contribution < -0.4 is 5.46 Å². The summed E-state index contributed by atoms with van der Waals surface area (Å²) in [5.41, 5.74) is -3.59. The van der Waals surface area contributed by atoms with Crippen LogP contribution in [0.1, 0.15) is 5.69 Å². The van der Waals surface area contributed by atoms with Crippen LogP contribution in [0.5, 0.6) is 0 Å². The maximum atomic E-state index is 12.1. The first-order valence-corrected chi connectivity index (χ1v) is 3.45. The molecule has 0 spiro atoms. The third-order valence-electron chi connectivity index (χ3n) is 1.46. The summed E-state index contributed by atoms with van der Waals surface area (Å²) in [6, 6.07) is 1.19. The van der Waals surface area contributed by atoms with Gasteiger partial charge in [0, 0.05) is 6.20 Å². The molecule has 8 heteroatoms. The summed E-state index contributed by atoms with van der Waals surface area (Å²) in [5, 5.41) is 0. The summed E-state index contributed by atoms with van der Waals surface area (Å²) in [4.78, 5) is 2.69. The van der Waals surface area contributed by atoms with Crippen molar-refractivity contribution in [2.24, 2.45) is 0 Å². The SMILES string of the molecule is F[B-](F)(F)c1cccnc1C(F)(F)F. The second kappa shape index (κ2) is 3.18. The fourth-order valence-corrected chi connectivity index (χ4v) is 0.919. The van der Waals surface area contributed by atoms with Crippen LogP contribution in [0.25, 0.3) is 0 Å². The van der Waals surface area contributed by atoms with E-state index in [1.165, 1.54) is 0 Å². The van der Waals surface area contributed by atoms with Crippen molar-refractivity contribution >= 4 is 12.4 Å². The minimum atomic E-state index is -5.68. The van der Waals surface area contributed by atoms with E-state index in [1.807, 2.05) is 0 Å². The van der Waals surface area contributed by atoms with Gasteiger partial charge in [-0.25, -0.2) is 0 Å². The molecule has 1 rings (SSSR count). The van der Waals surface area contributed by atoms with Gasteiger partial charge in [-0.15, -0.1) is 0 Å². The van der Waals surface area contributed by atoms with E-state index in [4.69, 9.17) is 0 Å². The van der Waals surface area contributed by atoms with Crippen LogP contribution in [-0.4, -0.2) is 12.0 Å². The molecular formula is C6H3BF6N-. The van der Waals surface area contributed by atoms with Gasteiger partial charge in [-0.3, -0.25) is 4.98 Å². The van der Waals surface area contributed by atoms with Gasteiger partial charge in [-0.2, -0.15) is 13.2 Å². The molecule has 0 radical (unpaired) electrons. The monoisotopic (exact) mass is 214 g/mol. The molecule has 0 fully saturated rings. The molecule has 1 aromatic heterocycles. The van der Waals surface area contributed by atoms with Crippen molar-refractivity contribution in [1.82, 2.24) is 4.98 Å². The number of hydrogen-bond acceptors (Lipinski definition) is 1. The largest absolute Gasteiger partial charge is 0.511 e. The highest BCUT2D eigenvalue weighted by Crippen LogP contribution is 2.28. The third-order valence-corrected chi connectivity index (χ3v) is 1.46. The Bertz CT molecular complexity index is 297. The van der Waals surface area contributed by atoms with Crippen molar-refractivity contribution in [3.63, 3.8) is 0 Å². The van der Waals surface area contributed by atoms with Crippen LogP contribution in [-0.2, 0) is 6.18 Å². The highest BCUT2D eigenvalue weighted by Gasteiger charge is 2.40. The summed E-state index contributed by atoms with van der Waals surface area (Å²) in [6.07, 6.45) is -4.40. The van der Waals surface area contributed by atoms with Crippen LogP contribution in [0.15, 0.2) is 18.3 Å². The first kappa shape index (κ1) is 10.9. The molecule has 0 aliphatic rings. The van der Waals surface area contributed by atoms with Gasteiger partial charge in [0.05, 0.1) is 0 Å². The smallest absolute Gasteiger partial charge is 0.445 e. The second-order valence-corrected chi connectivity index (χ2v) is 2.51. The van der Waals surface area contributed by atoms with Crippen LogP contribution in [0, 0.1) is 0 Å². The lowest BCUT2D eigenvalue weighted by atomic mass is 9.78. The van der Waals surface area contributed by atoms with Crippen LogP contribution >= 0.6 is 0 Å². The number of aromatic nitrogens is 1. The first-order valence-electron chi connectivity index (χ1n) is 3.45.